The molecule has 3 nitrogen and oxygen atoms in total. The van der Waals surface area contributed by atoms with Crippen LogP contribution in [-0.2, 0) is 17.8 Å². The van der Waals surface area contributed by atoms with Crippen molar-refractivity contribution in [2.75, 3.05) is 0 Å². The molecule has 0 aromatic heterocycles. The number of carboxylic acid groups (broad SMARTS) is 1. The van der Waals surface area contributed by atoms with Gasteiger partial charge in [0.1, 0.15) is 6.04 Å². The summed E-state index contributed by atoms with van der Waals surface area (Å²) in [6.07, 6.45) is 0.445. The highest BCUT2D eigenvalue weighted by atomic mass is 35.5. The fraction of sp³-hybridized carbons (Fsp3) is 0.188. The number of rotatable bonds is 6. The van der Waals surface area contributed by atoms with Crippen molar-refractivity contribution in [1.29, 1.82) is 0 Å². The first-order valence-electron chi connectivity index (χ1n) is 6.40. The average molecular weight is 290 g/mol. The zero-order valence-corrected chi connectivity index (χ0v) is 11.7. The Morgan fingerprint density at radius 1 is 1.10 bits per heavy atom. The first kappa shape index (κ1) is 14.6. The Labute approximate surface area is 123 Å². The van der Waals surface area contributed by atoms with Crippen LogP contribution in [-0.4, -0.2) is 17.1 Å². The molecule has 2 N–H and O–H groups in total. The summed E-state index contributed by atoms with van der Waals surface area (Å²) in [5.74, 6) is -0.860. The van der Waals surface area contributed by atoms with Gasteiger partial charge >= 0.3 is 5.97 Å². The summed E-state index contributed by atoms with van der Waals surface area (Å²) in [5.41, 5.74) is 1.89. The van der Waals surface area contributed by atoms with E-state index in [4.69, 9.17) is 11.6 Å². The van der Waals surface area contributed by atoms with Gasteiger partial charge in [-0.3, -0.25) is 10.1 Å². The molecule has 0 fully saturated rings. The molecule has 4 heteroatoms. The second-order valence-electron chi connectivity index (χ2n) is 4.55. The molecule has 0 aliphatic carbocycles. The van der Waals surface area contributed by atoms with Crippen molar-refractivity contribution in [3.8, 4) is 0 Å². The van der Waals surface area contributed by atoms with E-state index in [1.54, 1.807) is 6.07 Å². The maximum absolute atomic E-state index is 11.3. The lowest BCUT2D eigenvalue weighted by atomic mass is 10.1. The van der Waals surface area contributed by atoms with Crippen LogP contribution in [0.15, 0.2) is 54.6 Å². The largest absolute Gasteiger partial charge is 0.480 e. The zero-order valence-electron chi connectivity index (χ0n) is 10.9. The second-order valence-corrected chi connectivity index (χ2v) is 4.96. The normalized spacial score (nSPS) is 12.1. The minimum Gasteiger partial charge on any atom is -0.480 e. The number of carbonyl (C=O) groups is 1. The first-order chi connectivity index (χ1) is 9.66. The Balaban J connectivity index is 2.00. The topological polar surface area (TPSA) is 49.3 Å². The summed E-state index contributed by atoms with van der Waals surface area (Å²) in [5, 5.41) is 13.0. The van der Waals surface area contributed by atoms with Crippen LogP contribution in [0, 0.1) is 0 Å². The molecule has 0 radical (unpaired) electrons. The van der Waals surface area contributed by atoms with Gasteiger partial charge in [0.2, 0.25) is 0 Å². The molecule has 2 aromatic carbocycles. The third kappa shape index (κ3) is 4.08. The van der Waals surface area contributed by atoms with Crippen LogP contribution in [0.1, 0.15) is 11.1 Å². The average Bonchev–Trinajstić information content (AvgIpc) is 2.46. The highest BCUT2D eigenvalue weighted by Gasteiger charge is 2.17. The van der Waals surface area contributed by atoms with E-state index in [1.165, 1.54) is 0 Å². The molecule has 0 spiro atoms. The summed E-state index contributed by atoms with van der Waals surface area (Å²) in [6.45, 7) is 0.434. The van der Waals surface area contributed by atoms with Gasteiger partial charge in [0.15, 0.2) is 0 Å². The maximum atomic E-state index is 11.3. The van der Waals surface area contributed by atoms with Gasteiger partial charge in [-0.15, -0.1) is 0 Å². The molecule has 0 amide bonds. The van der Waals surface area contributed by atoms with Crippen LogP contribution in [0.3, 0.4) is 0 Å². The van der Waals surface area contributed by atoms with Crippen LogP contribution in [0.4, 0.5) is 0 Å². The molecule has 1 atom stereocenters. The van der Waals surface area contributed by atoms with E-state index in [1.807, 2.05) is 48.5 Å². The molecule has 0 unspecified atom stereocenters. The number of benzene rings is 2. The first-order valence-corrected chi connectivity index (χ1v) is 6.78. The molecule has 2 rings (SSSR count). The Morgan fingerprint density at radius 3 is 2.40 bits per heavy atom. The number of hydrogen-bond donors (Lipinski definition) is 2. The van der Waals surface area contributed by atoms with Gasteiger partial charge in [-0.2, -0.15) is 0 Å². The molecular weight excluding hydrogens is 274 g/mol. The monoisotopic (exact) mass is 289 g/mol. The molecule has 20 heavy (non-hydrogen) atoms. The lowest BCUT2D eigenvalue weighted by molar-refractivity contribution is -0.139. The van der Waals surface area contributed by atoms with Crippen molar-refractivity contribution in [2.45, 2.75) is 19.0 Å². The van der Waals surface area contributed by atoms with Gasteiger partial charge in [0.05, 0.1) is 0 Å². The Morgan fingerprint density at radius 2 is 1.75 bits per heavy atom. The fourth-order valence-electron chi connectivity index (χ4n) is 1.97. The fourth-order valence-corrected chi connectivity index (χ4v) is 2.17. The van der Waals surface area contributed by atoms with Gasteiger partial charge in [-0.05, 0) is 23.6 Å². The number of carboxylic acids is 1. The van der Waals surface area contributed by atoms with Crippen LogP contribution < -0.4 is 5.32 Å². The van der Waals surface area contributed by atoms with Crippen molar-refractivity contribution in [3.63, 3.8) is 0 Å². The summed E-state index contributed by atoms with van der Waals surface area (Å²) in [4.78, 5) is 11.3. The molecule has 104 valence electrons. The Bertz CT molecular complexity index is 572. The van der Waals surface area contributed by atoms with E-state index in [0.29, 0.717) is 18.0 Å². The number of hydrogen-bond acceptors (Lipinski definition) is 2. The smallest absolute Gasteiger partial charge is 0.321 e. The van der Waals surface area contributed by atoms with E-state index >= 15 is 0 Å². The van der Waals surface area contributed by atoms with Crippen LogP contribution in [0.25, 0.3) is 0 Å². The molecule has 0 aliphatic rings. The van der Waals surface area contributed by atoms with Crippen molar-refractivity contribution in [1.82, 2.24) is 5.32 Å². The third-order valence-electron chi connectivity index (χ3n) is 3.08. The standard InChI is InChI=1S/C16H16ClNO2/c17-14-9-5-4-8-13(14)11-18-15(16(19)20)10-12-6-2-1-3-7-12/h1-9,15,18H,10-11H2,(H,19,20)/t15-/m0/s1. The molecule has 0 saturated carbocycles. The highest BCUT2D eigenvalue weighted by Crippen LogP contribution is 2.15. The SMILES string of the molecule is O=C(O)[C@H](Cc1ccccc1)NCc1ccccc1Cl. The highest BCUT2D eigenvalue weighted by molar-refractivity contribution is 6.31. The minimum absolute atomic E-state index is 0.434. The lowest BCUT2D eigenvalue weighted by Crippen LogP contribution is -2.38. The van der Waals surface area contributed by atoms with Crippen molar-refractivity contribution >= 4 is 17.6 Å². The minimum atomic E-state index is -0.860. The number of halogens is 1. The number of aliphatic carboxylic acids is 1. The van der Waals surface area contributed by atoms with E-state index in [2.05, 4.69) is 5.32 Å². The molecule has 2 aromatic rings. The van der Waals surface area contributed by atoms with Crippen LogP contribution in [0.2, 0.25) is 5.02 Å². The molecule has 0 aliphatic heterocycles. The van der Waals surface area contributed by atoms with Crippen LogP contribution in [0.5, 0.6) is 0 Å². The van der Waals surface area contributed by atoms with Crippen LogP contribution >= 0.6 is 11.6 Å². The Hall–Kier alpha value is -1.84. The van der Waals surface area contributed by atoms with E-state index < -0.39 is 12.0 Å². The molecule has 0 heterocycles. The predicted molar refractivity (Wildman–Crippen MR) is 79.9 cm³/mol. The molecular formula is C16H16ClNO2. The van der Waals surface area contributed by atoms with Gasteiger partial charge in [-0.25, -0.2) is 0 Å². The summed E-state index contributed by atoms with van der Waals surface area (Å²) in [7, 11) is 0. The van der Waals surface area contributed by atoms with E-state index in [-0.39, 0.29) is 0 Å². The van der Waals surface area contributed by atoms with Gasteiger partial charge < -0.3 is 5.11 Å². The predicted octanol–water partition coefficient (Wildman–Crippen LogP) is 3.13. The number of nitrogens with one attached hydrogen (secondary N) is 1. The van der Waals surface area contributed by atoms with Gasteiger partial charge in [0.25, 0.3) is 0 Å². The van der Waals surface area contributed by atoms with Crippen molar-refractivity contribution < 1.29 is 9.90 Å². The molecule has 0 saturated heterocycles. The third-order valence-corrected chi connectivity index (χ3v) is 3.45. The summed E-state index contributed by atoms with van der Waals surface area (Å²) < 4.78 is 0. The lowest BCUT2D eigenvalue weighted by Gasteiger charge is -2.15. The van der Waals surface area contributed by atoms with E-state index in [0.717, 1.165) is 11.1 Å². The quantitative estimate of drug-likeness (QED) is 0.859. The second kappa shape index (κ2) is 7.08. The zero-order chi connectivity index (χ0) is 14.4. The molecule has 0 bridgehead atoms. The Kier molecular flexibility index (Phi) is 5.16. The summed E-state index contributed by atoms with van der Waals surface area (Å²) >= 11 is 6.06. The maximum Gasteiger partial charge on any atom is 0.321 e. The van der Waals surface area contributed by atoms with Crippen molar-refractivity contribution in [2.24, 2.45) is 0 Å². The van der Waals surface area contributed by atoms with E-state index in [9.17, 15) is 9.90 Å². The van der Waals surface area contributed by atoms with Gasteiger partial charge in [0, 0.05) is 11.6 Å². The van der Waals surface area contributed by atoms with Gasteiger partial charge in [-0.1, -0.05) is 60.1 Å². The van der Waals surface area contributed by atoms with Crippen molar-refractivity contribution in [3.05, 3.63) is 70.7 Å². The summed E-state index contributed by atoms with van der Waals surface area (Å²) in [6, 6.07) is 16.4.